The van der Waals surface area contributed by atoms with Gasteiger partial charge in [0.25, 0.3) is 5.91 Å². The maximum absolute atomic E-state index is 13.1. The van der Waals surface area contributed by atoms with Crippen LogP contribution in [0.1, 0.15) is 105 Å². The molecule has 1 N–H and O–H groups in total. The second-order valence-corrected chi connectivity index (χ2v) is 15.5. The van der Waals surface area contributed by atoms with Gasteiger partial charge in [-0.05, 0) is 93.5 Å². The van der Waals surface area contributed by atoms with Gasteiger partial charge in [-0.1, -0.05) is 76.2 Å². The molecular weight excluding hydrogens is 580 g/mol. The molecule has 1 amide bonds. The van der Waals surface area contributed by atoms with Gasteiger partial charge in [-0.25, -0.2) is 10.2 Å². The Morgan fingerprint density at radius 1 is 0.809 bits per heavy atom. The summed E-state index contributed by atoms with van der Waals surface area (Å²) in [7, 11) is 5.93. The molecule has 47 heavy (non-hydrogen) atoms. The number of carbonyl (C=O) groups excluding carboxylic acids is 1. The summed E-state index contributed by atoms with van der Waals surface area (Å²) in [5.74, 6) is 0.578. The van der Waals surface area contributed by atoms with Crippen LogP contribution in [0.3, 0.4) is 0 Å². The fraction of sp³-hybridized carbons (Fsp3) is 0.390. The predicted molar refractivity (Wildman–Crippen MR) is 200 cm³/mol. The number of hydrogen-bond donors (Lipinski definition) is 1. The molecule has 0 aromatic rings. The van der Waals surface area contributed by atoms with E-state index >= 15 is 0 Å². The third-order valence-electron chi connectivity index (χ3n) is 8.53. The first-order valence-electron chi connectivity index (χ1n) is 16.6. The van der Waals surface area contributed by atoms with Crippen molar-refractivity contribution in [2.75, 3.05) is 27.7 Å². The van der Waals surface area contributed by atoms with Crippen LogP contribution in [0.4, 0.5) is 0 Å². The van der Waals surface area contributed by atoms with Gasteiger partial charge < -0.3 is 9.69 Å². The van der Waals surface area contributed by atoms with Crippen LogP contribution in [0, 0.1) is 19.1 Å². The van der Waals surface area contributed by atoms with E-state index in [2.05, 4.69) is 113 Å². The van der Waals surface area contributed by atoms with Crippen molar-refractivity contribution in [2.45, 2.75) is 79.7 Å². The number of quaternary nitrogens is 1. The Labute approximate surface area is 282 Å². The SMILES string of the molecule is Cc1ccc(C(C)C)cc2c(/C=[N+](\[O-])C(C)(C)C)cc(/C=C/c3cc(/C=N/NC(=O)C[N+](C)(C)C)c4cc(C(C)C)ccc(C)c3-4)c1-2. The second-order valence-electron chi connectivity index (χ2n) is 15.5. The molecule has 0 atom stereocenters. The van der Waals surface area contributed by atoms with E-state index in [9.17, 15) is 10.0 Å². The first kappa shape index (κ1) is 35.6. The van der Waals surface area contributed by atoms with Crippen molar-refractivity contribution in [3.63, 3.8) is 0 Å². The Morgan fingerprint density at radius 2 is 1.28 bits per heavy atom. The van der Waals surface area contributed by atoms with Gasteiger partial charge in [-0.15, -0.1) is 0 Å². The Kier molecular flexibility index (Phi) is 10.5. The van der Waals surface area contributed by atoms with Crippen molar-refractivity contribution in [1.82, 2.24) is 5.43 Å². The van der Waals surface area contributed by atoms with E-state index in [-0.39, 0.29) is 5.91 Å². The third kappa shape index (κ3) is 8.55. The number of likely N-dealkylation sites (N-methyl/N-ethyl adjacent to an activating group) is 1. The average molecular weight is 634 g/mol. The quantitative estimate of drug-likeness (QED) is 0.0658. The van der Waals surface area contributed by atoms with Crippen LogP contribution in [0.15, 0.2) is 53.6 Å². The van der Waals surface area contributed by atoms with Gasteiger partial charge in [0.2, 0.25) is 0 Å². The van der Waals surface area contributed by atoms with E-state index in [4.69, 9.17) is 0 Å². The van der Waals surface area contributed by atoms with Gasteiger partial charge >= 0.3 is 0 Å². The van der Waals surface area contributed by atoms with Gasteiger partial charge in [0.05, 0.1) is 27.4 Å². The molecule has 6 nitrogen and oxygen atoms in total. The van der Waals surface area contributed by atoms with Gasteiger partial charge in [0, 0.05) is 31.9 Å². The van der Waals surface area contributed by atoms with Crippen LogP contribution in [-0.4, -0.2) is 60.8 Å². The zero-order valence-electron chi connectivity index (χ0n) is 30.4. The van der Waals surface area contributed by atoms with Crippen molar-refractivity contribution >= 4 is 30.5 Å². The number of nitrogens with one attached hydrogen (secondary N) is 1. The summed E-state index contributed by atoms with van der Waals surface area (Å²) >= 11 is 0. The van der Waals surface area contributed by atoms with Gasteiger partial charge in [-0.2, -0.15) is 5.10 Å². The molecule has 0 aliphatic heterocycles. The number of rotatable bonds is 9. The summed E-state index contributed by atoms with van der Waals surface area (Å²) in [6.45, 7) is 19.2. The summed E-state index contributed by atoms with van der Waals surface area (Å²) in [4.78, 5) is 12.5. The normalized spacial score (nSPS) is 13.3. The molecule has 0 radical (unpaired) electrons. The Bertz CT molecular complexity index is 1800. The minimum Gasteiger partial charge on any atom is -0.623 e. The first-order valence-corrected chi connectivity index (χ1v) is 16.6. The number of aryl methyl sites for hydroxylation is 2. The fourth-order valence-corrected chi connectivity index (χ4v) is 5.80. The Hall–Kier alpha value is -4.29. The van der Waals surface area contributed by atoms with E-state index in [0.717, 1.165) is 60.4 Å². The number of nitrogens with zero attached hydrogens (tertiary/aromatic N) is 3. The fourth-order valence-electron chi connectivity index (χ4n) is 5.80. The van der Waals surface area contributed by atoms with Crippen molar-refractivity contribution in [3.05, 3.63) is 98.2 Å². The number of carbonyl (C=O) groups is 1. The predicted octanol–water partition coefficient (Wildman–Crippen LogP) is 8.81. The lowest BCUT2D eigenvalue weighted by Gasteiger charge is -2.21. The Morgan fingerprint density at radius 3 is 1.72 bits per heavy atom. The summed E-state index contributed by atoms with van der Waals surface area (Å²) in [5, 5.41) is 17.5. The van der Waals surface area contributed by atoms with Crippen molar-refractivity contribution < 1.29 is 14.0 Å². The number of hydrogen-bond acceptors (Lipinski definition) is 3. The number of fused-ring (bicyclic) bond motifs is 2. The monoisotopic (exact) mass is 633 g/mol. The summed E-state index contributed by atoms with van der Waals surface area (Å²) < 4.78 is 1.58. The minimum absolute atomic E-state index is 0.128. The van der Waals surface area contributed by atoms with Crippen LogP contribution in [0.25, 0.3) is 34.4 Å². The van der Waals surface area contributed by atoms with Crippen molar-refractivity contribution in [3.8, 4) is 22.3 Å². The molecule has 0 bridgehead atoms. The highest BCUT2D eigenvalue weighted by atomic mass is 16.5. The van der Waals surface area contributed by atoms with E-state index in [1.807, 2.05) is 41.9 Å². The van der Waals surface area contributed by atoms with E-state index < -0.39 is 5.54 Å². The molecule has 4 rings (SSSR count). The average Bonchev–Trinajstić information content (AvgIpc) is 3.31. The number of hydroxylamine groups is 1. The Balaban J connectivity index is 1.87. The smallest absolute Gasteiger partial charge is 0.295 e. The molecule has 0 spiro atoms. The summed E-state index contributed by atoms with van der Waals surface area (Å²) in [5.41, 5.74) is 15.4. The molecule has 0 aromatic heterocycles. The number of hydrazone groups is 1. The van der Waals surface area contributed by atoms with E-state index in [1.165, 1.54) is 11.1 Å². The van der Waals surface area contributed by atoms with Crippen molar-refractivity contribution in [1.29, 1.82) is 0 Å². The highest BCUT2D eigenvalue weighted by Gasteiger charge is 2.23. The van der Waals surface area contributed by atoms with Gasteiger partial charge in [0.15, 0.2) is 18.3 Å². The maximum atomic E-state index is 13.1. The topological polar surface area (TPSA) is 67.5 Å². The van der Waals surface area contributed by atoms with Crippen LogP contribution in [0.5, 0.6) is 0 Å². The highest BCUT2D eigenvalue weighted by Crippen LogP contribution is 2.40. The lowest BCUT2D eigenvalue weighted by Crippen LogP contribution is -2.43. The standard InChI is InChI=1S/C41H52N4O2/c1-26(2)30-15-13-28(5)39-32(19-34(36(39)21-30)23-42-43-38(46)25-45(10,11)12)17-18-33-20-35(24-44(47)41(7,8)9)37-22-31(27(3)4)16-14-29(6)40(33)37/h13-24,26-27H,25H2,1-12H3/p+1/b18-17+,42-23+,44-24-. The van der Waals surface area contributed by atoms with E-state index in [1.54, 1.807) is 12.4 Å². The van der Waals surface area contributed by atoms with Crippen LogP contribution in [0.2, 0.25) is 0 Å². The molecule has 0 fully saturated rings. The number of amides is 1. The molecule has 0 unspecified atom stereocenters. The molecule has 0 heterocycles. The molecule has 0 aromatic carbocycles. The molecule has 6 heteroatoms. The second kappa shape index (κ2) is 13.8. The molecular formula is C41H53N4O2+. The molecule has 4 aliphatic carbocycles. The maximum Gasteiger partial charge on any atom is 0.295 e. The minimum atomic E-state index is -0.550. The molecule has 248 valence electrons. The van der Waals surface area contributed by atoms with Gasteiger partial charge in [0.1, 0.15) is 0 Å². The van der Waals surface area contributed by atoms with Crippen LogP contribution >= 0.6 is 0 Å². The summed E-state index contributed by atoms with van der Waals surface area (Å²) in [6, 6.07) is 17.5. The van der Waals surface area contributed by atoms with Crippen LogP contribution < -0.4 is 5.43 Å². The lowest BCUT2D eigenvalue weighted by atomic mass is 9.99. The third-order valence-corrected chi connectivity index (χ3v) is 8.53. The van der Waals surface area contributed by atoms with E-state index in [0.29, 0.717) is 22.9 Å². The zero-order valence-corrected chi connectivity index (χ0v) is 30.4. The van der Waals surface area contributed by atoms with Gasteiger partial charge in [-0.3, -0.25) is 4.79 Å². The van der Waals surface area contributed by atoms with Crippen LogP contribution in [-0.2, 0) is 4.79 Å². The largest absolute Gasteiger partial charge is 0.623 e. The zero-order chi connectivity index (χ0) is 34.8. The first-order chi connectivity index (χ1) is 21.9. The molecule has 0 saturated carbocycles. The molecule has 0 saturated heterocycles. The highest BCUT2D eigenvalue weighted by molar-refractivity contribution is 6.01. The summed E-state index contributed by atoms with van der Waals surface area (Å²) in [6.07, 6.45) is 7.84. The van der Waals surface area contributed by atoms with Crippen molar-refractivity contribution in [2.24, 2.45) is 5.10 Å². The molecule has 4 aliphatic rings. The lowest BCUT2D eigenvalue weighted by molar-refractivity contribution is -0.862.